The smallest absolute Gasteiger partial charge is 0.378 e. The molecule has 2 N–H and O–H groups in total. The minimum absolute atomic E-state index is 0.135. The number of nitrogens with one attached hydrogen (secondary N) is 2. The fourth-order valence-electron chi connectivity index (χ4n) is 3.36. The number of morpholine rings is 1. The van der Waals surface area contributed by atoms with Crippen molar-refractivity contribution in [1.29, 1.82) is 0 Å². The van der Waals surface area contributed by atoms with Crippen LogP contribution in [0.5, 0.6) is 0 Å². The van der Waals surface area contributed by atoms with Gasteiger partial charge in [-0.1, -0.05) is 12.1 Å². The standard InChI is InChI=1S/C23H22F3N5O2/c24-23(25,26)15-28-21(32)17-3-1-16(2-4-17)20-9-10-27-22(30-20)29-18-5-7-19(8-6-18)31-11-13-33-14-12-31/h1-10H,11-15H2,(H,28,32)(H,27,29,30). The Kier molecular flexibility index (Phi) is 6.74. The third-order valence-electron chi connectivity index (χ3n) is 5.05. The summed E-state index contributed by atoms with van der Waals surface area (Å²) < 4.78 is 42.2. The number of hydrogen-bond acceptors (Lipinski definition) is 6. The van der Waals surface area contributed by atoms with E-state index in [4.69, 9.17) is 4.74 Å². The summed E-state index contributed by atoms with van der Waals surface area (Å²) in [6.45, 7) is 1.79. The van der Waals surface area contributed by atoms with Crippen LogP contribution >= 0.6 is 0 Å². The molecule has 172 valence electrons. The lowest BCUT2D eigenvalue weighted by molar-refractivity contribution is -0.123. The van der Waals surface area contributed by atoms with Gasteiger partial charge in [-0.25, -0.2) is 9.97 Å². The van der Waals surface area contributed by atoms with Crippen LogP contribution in [0.1, 0.15) is 10.4 Å². The summed E-state index contributed by atoms with van der Waals surface area (Å²) in [6.07, 6.45) is -2.85. The zero-order valence-electron chi connectivity index (χ0n) is 17.6. The molecule has 0 radical (unpaired) electrons. The van der Waals surface area contributed by atoms with Gasteiger partial charge in [0.1, 0.15) is 6.54 Å². The molecule has 1 aromatic heterocycles. The van der Waals surface area contributed by atoms with Crippen molar-refractivity contribution in [3.8, 4) is 11.3 Å². The van der Waals surface area contributed by atoms with Crippen LogP contribution in [-0.4, -0.2) is 54.9 Å². The number of halogens is 3. The average molecular weight is 457 g/mol. The third kappa shape index (κ3) is 6.19. The number of ether oxygens (including phenoxy) is 1. The van der Waals surface area contributed by atoms with Crippen molar-refractivity contribution in [1.82, 2.24) is 15.3 Å². The van der Waals surface area contributed by atoms with Crippen LogP contribution < -0.4 is 15.5 Å². The molecule has 1 fully saturated rings. The predicted octanol–water partition coefficient (Wildman–Crippen LogP) is 4.02. The predicted molar refractivity (Wildman–Crippen MR) is 119 cm³/mol. The van der Waals surface area contributed by atoms with E-state index in [1.807, 2.05) is 29.6 Å². The van der Waals surface area contributed by atoms with E-state index in [0.29, 0.717) is 17.2 Å². The zero-order valence-corrected chi connectivity index (χ0v) is 17.6. The van der Waals surface area contributed by atoms with Crippen molar-refractivity contribution >= 4 is 23.2 Å². The topological polar surface area (TPSA) is 79.4 Å². The lowest BCUT2D eigenvalue weighted by Gasteiger charge is -2.28. The van der Waals surface area contributed by atoms with Gasteiger partial charge in [-0.15, -0.1) is 0 Å². The first-order valence-corrected chi connectivity index (χ1v) is 10.4. The van der Waals surface area contributed by atoms with Crippen molar-refractivity contribution in [2.45, 2.75) is 6.18 Å². The number of benzene rings is 2. The maximum Gasteiger partial charge on any atom is 0.405 e. The highest BCUT2D eigenvalue weighted by Gasteiger charge is 2.27. The number of aromatic nitrogens is 2. The van der Waals surface area contributed by atoms with Crippen LogP contribution in [0.25, 0.3) is 11.3 Å². The lowest BCUT2D eigenvalue weighted by Crippen LogP contribution is -2.36. The Morgan fingerprint density at radius 3 is 2.36 bits per heavy atom. The highest BCUT2D eigenvalue weighted by atomic mass is 19.4. The van der Waals surface area contributed by atoms with Gasteiger partial charge in [0.05, 0.1) is 18.9 Å². The van der Waals surface area contributed by atoms with Gasteiger partial charge in [0.25, 0.3) is 5.91 Å². The summed E-state index contributed by atoms with van der Waals surface area (Å²) in [5.74, 6) is -0.386. The zero-order chi connectivity index (χ0) is 23.3. The Bertz CT molecular complexity index is 1080. The Morgan fingerprint density at radius 2 is 1.70 bits per heavy atom. The van der Waals surface area contributed by atoms with Crippen LogP contribution in [-0.2, 0) is 4.74 Å². The van der Waals surface area contributed by atoms with Crippen LogP contribution in [0, 0.1) is 0 Å². The van der Waals surface area contributed by atoms with Gasteiger partial charge in [0, 0.05) is 41.8 Å². The van der Waals surface area contributed by atoms with Gasteiger partial charge >= 0.3 is 6.18 Å². The molecule has 0 bridgehead atoms. The minimum atomic E-state index is -4.46. The molecule has 1 aliphatic rings. The van der Waals surface area contributed by atoms with Crippen LogP contribution in [0.2, 0.25) is 0 Å². The Hall–Kier alpha value is -3.66. The average Bonchev–Trinajstić information content (AvgIpc) is 2.83. The summed E-state index contributed by atoms with van der Waals surface area (Å²) in [7, 11) is 0. The van der Waals surface area contributed by atoms with E-state index in [1.165, 1.54) is 12.1 Å². The Labute approximate surface area is 188 Å². The molecule has 0 aliphatic carbocycles. The number of amides is 1. The van der Waals surface area contributed by atoms with Crippen LogP contribution in [0.3, 0.4) is 0 Å². The number of alkyl halides is 3. The first-order chi connectivity index (χ1) is 15.9. The van der Waals surface area contributed by atoms with E-state index < -0.39 is 18.6 Å². The number of carbonyl (C=O) groups is 1. The van der Waals surface area contributed by atoms with Crippen molar-refractivity contribution in [2.24, 2.45) is 0 Å². The molecule has 2 aromatic carbocycles. The first kappa shape index (κ1) is 22.5. The maximum atomic E-state index is 12.3. The second kappa shape index (κ2) is 9.86. The Balaban J connectivity index is 1.41. The summed E-state index contributed by atoms with van der Waals surface area (Å²) in [4.78, 5) is 22.9. The largest absolute Gasteiger partial charge is 0.405 e. The SMILES string of the molecule is O=C(NCC(F)(F)F)c1ccc(-c2ccnc(Nc3ccc(N4CCOCC4)cc3)n2)cc1. The molecule has 7 nitrogen and oxygen atoms in total. The summed E-state index contributed by atoms with van der Waals surface area (Å²) >= 11 is 0. The Morgan fingerprint density at radius 1 is 1.00 bits per heavy atom. The second-order valence-electron chi connectivity index (χ2n) is 7.41. The van der Waals surface area contributed by atoms with E-state index in [9.17, 15) is 18.0 Å². The molecule has 0 spiro atoms. The van der Waals surface area contributed by atoms with Gasteiger partial charge < -0.3 is 20.3 Å². The van der Waals surface area contributed by atoms with E-state index in [-0.39, 0.29) is 5.56 Å². The fourth-order valence-corrected chi connectivity index (χ4v) is 3.36. The summed E-state index contributed by atoms with van der Waals surface area (Å²) in [5, 5.41) is 5.02. The maximum absolute atomic E-state index is 12.3. The lowest BCUT2D eigenvalue weighted by atomic mass is 10.1. The third-order valence-corrected chi connectivity index (χ3v) is 5.05. The van der Waals surface area contributed by atoms with Gasteiger partial charge in [-0.3, -0.25) is 4.79 Å². The molecule has 33 heavy (non-hydrogen) atoms. The highest BCUT2D eigenvalue weighted by Crippen LogP contribution is 2.23. The van der Waals surface area contributed by atoms with Gasteiger partial charge in [-0.05, 0) is 42.5 Å². The number of hydrogen-bond donors (Lipinski definition) is 2. The van der Waals surface area contributed by atoms with Crippen molar-refractivity contribution in [3.63, 3.8) is 0 Å². The first-order valence-electron chi connectivity index (χ1n) is 10.4. The molecule has 10 heteroatoms. The molecule has 3 aromatic rings. The molecule has 1 aliphatic heterocycles. The molecule has 1 amide bonds. The van der Waals surface area contributed by atoms with Gasteiger partial charge in [0.15, 0.2) is 0 Å². The minimum Gasteiger partial charge on any atom is -0.378 e. The normalized spacial score (nSPS) is 14.1. The van der Waals surface area contributed by atoms with E-state index in [2.05, 4.69) is 20.2 Å². The van der Waals surface area contributed by atoms with Crippen molar-refractivity contribution in [2.75, 3.05) is 43.1 Å². The molecule has 0 atom stereocenters. The fraction of sp³-hybridized carbons (Fsp3) is 0.261. The summed E-state index contributed by atoms with van der Waals surface area (Å²) in [6, 6.07) is 15.9. The molecular weight excluding hydrogens is 435 g/mol. The monoisotopic (exact) mass is 457 g/mol. The number of rotatable bonds is 6. The number of nitrogens with zero attached hydrogens (tertiary/aromatic N) is 3. The van der Waals surface area contributed by atoms with Crippen molar-refractivity contribution in [3.05, 3.63) is 66.4 Å². The quantitative estimate of drug-likeness (QED) is 0.582. The van der Waals surface area contributed by atoms with Crippen LogP contribution in [0.4, 0.5) is 30.5 Å². The van der Waals surface area contributed by atoms with Gasteiger partial charge in [-0.2, -0.15) is 13.2 Å². The van der Waals surface area contributed by atoms with E-state index in [0.717, 1.165) is 37.7 Å². The van der Waals surface area contributed by atoms with Crippen LogP contribution in [0.15, 0.2) is 60.8 Å². The van der Waals surface area contributed by atoms with E-state index in [1.54, 1.807) is 24.4 Å². The number of carbonyl (C=O) groups excluding carboxylic acids is 1. The molecule has 2 heterocycles. The highest BCUT2D eigenvalue weighted by molar-refractivity contribution is 5.94. The molecule has 1 saturated heterocycles. The van der Waals surface area contributed by atoms with Crippen molar-refractivity contribution < 1.29 is 22.7 Å². The summed E-state index contributed by atoms with van der Waals surface area (Å²) in [5.41, 5.74) is 3.41. The van der Waals surface area contributed by atoms with E-state index >= 15 is 0 Å². The molecule has 4 rings (SSSR count). The van der Waals surface area contributed by atoms with Gasteiger partial charge in [0.2, 0.25) is 5.95 Å². The molecule has 0 unspecified atom stereocenters. The number of anilines is 3. The second-order valence-corrected chi connectivity index (χ2v) is 7.41. The molecular formula is C23H22F3N5O2. The molecule has 0 saturated carbocycles.